The molecule has 2 aromatic carbocycles. The predicted molar refractivity (Wildman–Crippen MR) is 70.2 cm³/mol. The molecule has 1 unspecified atom stereocenters. The average Bonchev–Trinajstić information content (AvgIpc) is 2.65. The summed E-state index contributed by atoms with van der Waals surface area (Å²) in [6.07, 6.45) is 0. The molecule has 0 saturated heterocycles. The molecular weight excluding hydrogens is 283 g/mol. The second-order valence-electron chi connectivity index (χ2n) is 5.13. The summed E-state index contributed by atoms with van der Waals surface area (Å²) in [6.45, 7) is 2.27. The van der Waals surface area contributed by atoms with Crippen LogP contribution >= 0.6 is 0 Å². The minimum atomic E-state index is -1.30. The number of aryl methyl sites for hydroxylation is 1. The van der Waals surface area contributed by atoms with E-state index >= 15 is 0 Å². The number of rotatable bonds is 1. The van der Waals surface area contributed by atoms with E-state index in [1.165, 1.54) is 16.7 Å². The molecule has 0 amide bonds. The fourth-order valence-corrected chi connectivity index (χ4v) is 7.56. The van der Waals surface area contributed by atoms with Crippen LogP contribution in [0.25, 0.3) is 11.1 Å². The third kappa shape index (κ3) is 1.67. The summed E-state index contributed by atoms with van der Waals surface area (Å²) in [4.78, 5) is 0. The first-order valence-electron chi connectivity index (χ1n) is 6.19. The average molecular weight is 301 g/mol. The first-order chi connectivity index (χ1) is 8.20. The van der Waals surface area contributed by atoms with E-state index in [1.807, 2.05) is 0 Å². The van der Waals surface area contributed by atoms with Gasteiger partial charge in [-0.05, 0) is 0 Å². The van der Waals surface area contributed by atoms with Crippen LogP contribution in [-0.2, 0) is 21.8 Å². The van der Waals surface area contributed by atoms with E-state index in [-0.39, 0.29) is 0 Å². The van der Waals surface area contributed by atoms with Crippen LogP contribution in [0.4, 0.5) is 0 Å². The zero-order chi connectivity index (χ0) is 12.0. The molecule has 0 spiro atoms. The number of hydrogen-bond acceptors (Lipinski definition) is 0. The number of hydrogen-bond donors (Lipinski definition) is 0. The number of benzene rings is 2. The van der Waals surface area contributed by atoms with Gasteiger partial charge in [-0.3, -0.25) is 0 Å². The van der Waals surface area contributed by atoms with Gasteiger partial charge < -0.3 is 0 Å². The van der Waals surface area contributed by atoms with Crippen molar-refractivity contribution in [3.05, 3.63) is 59.2 Å². The van der Waals surface area contributed by atoms with Gasteiger partial charge in [-0.2, -0.15) is 0 Å². The molecule has 1 heteroatoms. The van der Waals surface area contributed by atoms with Gasteiger partial charge in [0.2, 0.25) is 0 Å². The van der Waals surface area contributed by atoms with Gasteiger partial charge in [-0.1, -0.05) is 0 Å². The quantitative estimate of drug-likeness (QED) is 0.711. The molecule has 0 fully saturated rings. The Labute approximate surface area is 111 Å². The first-order valence-corrected chi connectivity index (χ1v) is 12.5. The molecule has 0 heterocycles. The van der Waals surface area contributed by atoms with Crippen molar-refractivity contribution in [2.24, 2.45) is 0 Å². The van der Waals surface area contributed by atoms with Crippen LogP contribution in [0.15, 0.2) is 42.5 Å². The van der Waals surface area contributed by atoms with E-state index in [9.17, 15) is 0 Å². The first kappa shape index (κ1) is 11.4. The molecule has 1 aliphatic rings. The van der Waals surface area contributed by atoms with Crippen molar-refractivity contribution in [3.8, 4) is 11.1 Å². The zero-order valence-corrected chi connectivity index (χ0v) is 13.1. The summed E-state index contributed by atoms with van der Waals surface area (Å²) in [6, 6.07) is 15.8. The summed E-state index contributed by atoms with van der Waals surface area (Å²) < 4.78 is 5.81. The van der Waals surface area contributed by atoms with Gasteiger partial charge in [0.15, 0.2) is 0 Å². The van der Waals surface area contributed by atoms with Gasteiger partial charge in [0.1, 0.15) is 0 Å². The Kier molecular flexibility index (Phi) is 2.83. The fraction of sp³-hybridized carbons (Fsp3) is 0.250. The number of fused-ring (bicyclic) bond motifs is 3. The van der Waals surface area contributed by atoms with Crippen LogP contribution in [0.5, 0.6) is 0 Å². The molecule has 1 atom stereocenters. The maximum absolute atomic E-state index is 2.52. The molecule has 0 nitrogen and oxygen atoms in total. The second kappa shape index (κ2) is 4.21. The molecular formula is C16H17Zr. The Morgan fingerprint density at radius 1 is 0.882 bits per heavy atom. The fourth-order valence-electron chi connectivity index (χ4n) is 3.05. The van der Waals surface area contributed by atoms with Crippen LogP contribution in [0.1, 0.15) is 20.3 Å². The van der Waals surface area contributed by atoms with E-state index in [2.05, 4.69) is 58.7 Å². The molecule has 3 rings (SSSR count). The second-order valence-corrected chi connectivity index (χ2v) is 11.8. The van der Waals surface area contributed by atoms with Crippen molar-refractivity contribution in [1.29, 1.82) is 0 Å². The third-order valence-corrected chi connectivity index (χ3v) is 8.06. The molecule has 0 aromatic heterocycles. The van der Waals surface area contributed by atoms with Crippen LogP contribution < -0.4 is 0 Å². The van der Waals surface area contributed by atoms with Crippen molar-refractivity contribution in [3.63, 3.8) is 0 Å². The molecule has 1 aliphatic carbocycles. The summed E-state index contributed by atoms with van der Waals surface area (Å²) >= 11 is -1.30. The van der Waals surface area contributed by atoms with Crippen molar-refractivity contribution in [2.75, 3.05) is 0 Å². The van der Waals surface area contributed by atoms with Gasteiger partial charge in [-0.15, -0.1) is 0 Å². The van der Waals surface area contributed by atoms with E-state index < -0.39 is 21.8 Å². The van der Waals surface area contributed by atoms with Crippen LogP contribution in [0.2, 0.25) is 9.26 Å². The molecule has 85 valence electrons. The summed E-state index contributed by atoms with van der Waals surface area (Å²) in [7, 11) is 0. The maximum atomic E-state index is 2.52. The molecule has 0 radical (unpaired) electrons. The normalized spacial score (nSPS) is 16.5. The topological polar surface area (TPSA) is 0 Å². The van der Waals surface area contributed by atoms with E-state index in [1.54, 1.807) is 11.1 Å². The zero-order valence-electron chi connectivity index (χ0n) is 10.6. The van der Waals surface area contributed by atoms with Gasteiger partial charge in [0.25, 0.3) is 0 Å². The van der Waals surface area contributed by atoms with E-state index in [0.717, 1.165) is 3.63 Å². The van der Waals surface area contributed by atoms with Gasteiger partial charge in [-0.25, -0.2) is 0 Å². The third-order valence-electron chi connectivity index (χ3n) is 3.75. The SMILES string of the molecule is Cc1cccc2c1[CH]([Zr]([CH3])[CH3])c1ccccc1-2. The Hall–Kier alpha value is -0.677. The monoisotopic (exact) mass is 299 g/mol. The van der Waals surface area contributed by atoms with Crippen molar-refractivity contribution in [1.82, 2.24) is 0 Å². The van der Waals surface area contributed by atoms with E-state index in [4.69, 9.17) is 0 Å². The van der Waals surface area contributed by atoms with Crippen molar-refractivity contribution < 1.29 is 21.8 Å². The standard InChI is InChI=1S/C14H11.2CH3.Zr/c1-10-5-4-8-13-12-7-3-2-6-11(12)9-14(10)13;;;/h2-9H,1H3;2*1H3;. The molecule has 2 aromatic rings. The summed E-state index contributed by atoms with van der Waals surface area (Å²) in [5, 5.41) is 0. The van der Waals surface area contributed by atoms with Crippen LogP contribution in [0.3, 0.4) is 0 Å². The van der Waals surface area contributed by atoms with Crippen molar-refractivity contribution in [2.45, 2.75) is 19.8 Å². The molecule has 0 bridgehead atoms. The Morgan fingerprint density at radius 2 is 1.59 bits per heavy atom. The summed E-state index contributed by atoms with van der Waals surface area (Å²) in [5.74, 6) is 0. The Bertz CT molecular complexity index is 569. The predicted octanol–water partition coefficient (Wildman–Crippen LogP) is 4.78. The minimum absolute atomic E-state index is 0.768. The Morgan fingerprint density at radius 3 is 2.35 bits per heavy atom. The van der Waals surface area contributed by atoms with Crippen LogP contribution in [-0.4, -0.2) is 0 Å². The molecule has 0 N–H and O–H groups in total. The molecule has 17 heavy (non-hydrogen) atoms. The van der Waals surface area contributed by atoms with Gasteiger partial charge in [0, 0.05) is 0 Å². The van der Waals surface area contributed by atoms with Crippen molar-refractivity contribution >= 4 is 0 Å². The Balaban J connectivity index is 2.34. The summed E-state index contributed by atoms with van der Waals surface area (Å²) in [5.41, 5.74) is 7.68. The van der Waals surface area contributed by atoms with Gasteiger partial charge in [0.05, 0.1) is 0 Å². The van der Waals surface area contributed by atoms with Crippen LogP contribution in [0, 0.1) is 6.92 Å². The van der Waals surface area contributed by atoms with E-state index in [0.29, 0.717) is 0 Å². The molecule has 0 aliphatic heterocycles. The molecule has 0 saturated carbocycles. The van der Waals surface area contributed by atoms with Gasteiger partial charge >= 0.3 is 112 Å².